The second-order valence-electron chi connectivity index (χ2n) is 3.22. The third-order valence-electron chi connectivity index (χ3n) is 2.25. The highest BCUT2D eigenvalue weighted by Crippen LogP contribution is 2.19. The standard InChI is InChI=1S/C12H9ClN2O/c1-2-3-8-15-10-7-5-4-6-9(10)11(14-15)12(13)16/h4-7H,8H2,1H3. The van der Waals surface area contributed by atoms with Crippen LogP contribution in [0.25, 0.3) is 10.9 Å². The first-order valence-corrected chi connectivity index (χ1v) is 5.17. The van der Waals surface area contributed by atoms with Gasteiger partial charge in [0.15, 0.2) is 5.69 Å². The number of aromatic nitrogens is 2. The normalized spacial score (nSPS) is 9.88. The van der Waals surface area contributed by atoms with Crippen molar-refractivity contribution in [2.75, 3.05) is 0 Å². The summed E-state index contributed by atoms with van der Waals surface area (Å²) in [5, 5.41) is 4.38. The van der Waals surface area contributed by atoms with Gasteiger partial charge in [-0.05, 0) is 24.6 Å². The fourth-order valence-electron chi connectivity index (χ4n) is 1.55. The summed E-state index contributed by atoms with van der Waals surface area (Å²) in [5.74, 6) is 5.70. The second kappa shape index (κ2) is 4.38. The van der Waals surface area contributed by atoms with Crippen LogP contribution in [0.15, 0.2) is 24.3 Å². The van der Waals surface area contributed by atoms with Gasteiger partial charge in [0.1, 0.15) is 6.54 Å². The highest BCUT2D eigenvalue weighted by molar-refractivity contribution is 6.68. The molecule has 2 rings (SSSR count). The number of carbonyl (C=O) groups excluding carboxylic acids is 1. The maximum atomic E-state index is 11.2. The van der Waals surface area contributed by atoms with Crippen molar-refractivity contribution >= 4 is 27.7 Å². The highest BCUT2D eigenvalue weighted by Gasteiger charge is 2.13. The van der Waals surface area contributed by atoms with Gasteiger partial charge in [-0.1, -0.05) is 24.1 Å². The molecule has 0 fully saturated rings. The summed E-state index contributed by atoms with van der Waals surface area (Å²) in [5.41, 5.74) is 1.16. The second-order valence-corrected chi connectivity index (χ2v) is 3.57. The molecule has 16 heavy (non-hydrogen) atoms. The molecule has 0 radical (unpaired) electrons. The number of benzene rings is 1. The van der Waals surface area contributed by atoms with Crippen LogP contribution in [-0.4, -0.2) is 15.0 Å². The van der Waals surface area contributed by atoms with Crippen molar-refractivity contribution in [1.82, 2.24) is 9.78 Å². The molecule has 0 unspecified atom stereocenters. The average Bonchev–Trinajstić information content (AvgIpc) is 2.65. The maximum Gasteiger partial charge on any atom is 0.273 e. The van der Waals surface area contributed by atoms with Gasteiger partial charge in [-0.15, -0.1) is 5.92 Å². The van der Waals surface area contributed by atoms with Crippen molar-refractivity contribution in [2.45, 2.75) is 13.5 Å². The highest BCUT2D eigenvalue weighted by atomic mass is 35.5. The summed E-state index contributed by atoms with van der Waals surface area (Å²) in [7, 11) is 0. The monoisotopic (exact) mass is 232 g/mol. The Balaban J connectivity index is 2.65. The molecule has 0 spiro atoms. The Morgan fingerprint density at radius 1 is 1.50 bits per heavy atom. The van der Waals surface area contributed by atoms with Gasteiger partial charge in [-0.25, -0.2) is 0 Å². The lowest BCUT2D eigenvalue weighted by atomic mass is 10.2. The van der Waals surface area contributed by atoms with Crippen molar-refractivity contribution in [3.05, 3.63) is 30.0 Å². The van der Waals surface area contributed by atoms with Crippen LogP contribution in [0.2, 0.25) is 0 Å². The molecule has 3 nitrogen and oxygen atoms in total. The smallest absolute Gasteiger partial charge is 0.273 e. The summed E-state index contributed by atoms with van der Waals surface area (Å²) in [6.07, 6.45) is 0. The van der Waals surface area contributed by atoms with Crippen LogP contribution in [0.3, 0.4) is 0 Å². The zero-order chi connectivity index (χ0) is 11.5. The molecule has 1 heterocycles. The number of para-hydroxylation sites is 1. The first kappa shape index (κ1) is 10.7. The predicted molar refractivity (Wildman–Crippen MR) is 63.4 cm³/mol. The van der Waals surface area contributed by atoms with Crippen LogP contribution in [0.4, 0.5) is 0 Å². The Morgan fingerprint density at radius 3 is 2.94 bits per heavy atom. The first-order valence-electron chi connectivity index (χ1n) is 4.79. The minimum atomic E-state index is -0.542. The van der Waals surface area contributed by atoms with Gasteiger partial charge in [0, 0.05) is 5.39 Å². The molecule has 1 aromatic heterocycles. The molecular formula is C12H9ClN2O. The topological polar surface area (TPSA) is 34.9 Å². The average molecular weight is 233 g/mol. The van der Waals surface area contributed by atoms with Crippen molar-refractivity contribution in [1.29, 1.82) is 0 Å². The van der Waals surface area contributed by atoms with E-state index in [1.54, 1.807) is 11.6 Å². The molecule has 0 amide bonds. The molecule has 80 valence electrons. The lowest BCUT2D eigenvalue weighted by molar-refractivity contribution is 0.107. The van der Waals surface area contributed by atoms with E-state index in [4.69, 9.17) is 11.6 Å². The van der Waals surface area contributed by atoms with E-state index in [-0.39, 0.29) is 5.69 Å². The van der Waals surface area contributed by atoms with Gasteiger partial charge in [-0.3, -0.25) is 9.48 Å². The molecule has 0 N–H and O–H groups in total. The summed E-state index contributed by atoms with van der Waals surface area (Å²) >= 11 is 5.48. The molecule has 0 bridgehead atoms. The third kappa shape index (κ3) is 1.80. The molecule has 0 saturated heterocycles. The van der Waals surface area contributed by atoms with E-state index in [1.807, 2.05) is 24.3 Å². The predicted octanol–water partition coefficient (Wildman–Crippen LogP) is 2.44. The van der Waals surface area contributed by atoms with Crippen LogP contribution in [0.1, 0.15) is 17.4 Å². The zero-order valence-electron chi connectivity index (χ0n) is 8.70. The minimum absolute atomic E-state index is 0.287. The first-order chi connectivity index (χ1) is 7.74. The Morgan fingerprint density at radius 2 is 2.25 bits per heavy atom. The molecule has 0 aliphatic heterocycles. The fraction of sp³-hybridized carbons (Fsp3) is 0.167. The third-order valence-corrected chi connectivity index (χ3v) is 2.43. The van der Waals surface area contributed by atoms with Gasteiger partial charge in [0.25, 0.3) is 5.24 Å². The fourth-order valence-corrected chi connectivity index (χ4v) is 1.69. The molecule has 0 atom stereocenters. The Labute approximate surface area is 98.0 Å². The van der Waals surface area contributed by atoms with Crippen LogP contribution < -0.4 is 0 Å². The summed E-state index contributed by atoms with van der Waals surface area (Å²) in [4.78, 5) is 11.2. The minimum Gasteiger partial charge on any atom is -0.274 e. The van der Waals surface area contributed by atoms with Crippen LogP contribution in [0.5, 0.6) is 0 Å². The molecule has 2 aromatic rings. The van der Waals surface area contributed by atoms with E-state index in [2.05, 4.69) is 16.9 Å². The van der Waals surface area contributed by atoms with E-state index < -0.39 is 5.24 Å². The van der Waals surface area contributed by atoms with E-state index >= 15 is 0 Å². The number of hydrogen-bond donors (Lipinski definition) is 0. The van der Waals surface area contributed by atoms with E-state index in [1.165, 1.54) is 0 Å². The molecule has 0 aliphatic rings. The Kier molecular flexibility index (Phi) is 2.93. The van der Waals surface area contributed by atoms with Gasteiger partial charge in [0.05, 0.1) is 5.52 Å². The van der Waals surface area contributed by atoms with E-state index in [0.717, 1.165) is 10.9 Å². The largest absolute Gasteiger partial charge is 0.274 e. The number of fused-ring (bicyclic) bond motifs is 1. The van der Waals surface area contributed by atoms with Crippen molar-refractivity contribution < 1.29 is 4.79 Å². The summed E-state index contributed by atoms with van der Waals surface area (Å²) < 4.78 is 1.68. The van der Waals surface area contributed by atoms with Gasteiger partial charge >= 0.3 is 0 Å². The van der Waals surface area contributed by atoms with Crippen LogP contribution in [-0.2, 0) is 6.54 Å². The summed E-state index contributed by atoms with van der Waals surface area (Å²) in [6, 6.07) is 7.46. The molecule has 0 aliphatic carbocycles. The Bertz CT molecular complexity index is 604. The number of nitrogens with zero attached hydrogens (tertiary/aromatic N) is 2. The molecule has 4 heteroatoms. The van der Waals surface area contributed by atoms with E-state index in [0.29, 0.717) is 6.54 Å². The van der Waals surface area contributed by atoms with E-state index in [9.17, 15) is 4.79 Å². The van der Waals surface area contributed by atoms with Crippen molar-refractivity contribution in [3.8, 4) is 11.8 Å². The molecule has 0 saturated carbocycles. The Hall–Kier alpha value is -1.79. The SMILES string of the molecule is CC#CCn1nc(C(=O)Cl)c2ccccc21. The van der Waals surface area contributed by atoms with Crippen molar-refractivity contribution in [3.63, 3.8) is 0 Å². The van der Waals surface area contributed by atoms with Crippen LogP contribution >= 0.6 is 11.6 Å². The van der Waals surface area contributed by atoms with Crippen molar-refractivity contribution in [2.24, 2.45) is 0 Å². The molecular weight excluding hydrogens is 224 g/mol. The summed E-state index contributed by atoms with van der Waals surface area (Å²) in [6.45, 7) is 2.22. The lowest BCUT2D eigenvalue weighted by Gasteiger charge is -1.95. The number of hydrogen-bond acceptors (Lipinski definition) is 2. The van der Waals surface area contributed by atoms with Gasteiger partial charge < -0.3 is 0 Å². The zero-order valence-corrected chi connectivity index (χ0v) is 9.45. The lowest BCUT2D eigenvalue weighted by Crippen LogP contribution is -1.99. The number of carbonyl (C=O) groups is 1. The number of halogens is 1. The number of rotatable bonds is 2. The quantitative estimate of drug-likeness (QED) is 0.589. The molecule has 1 aromatic carbocycles. The van der Waals surface area contributed by atoms with Gasteiger partial charge in [-0.2, -0.15) is 5.10 Å². The maximum absolute atomic E-state index is 11.2. The van der Waals surface area contributed by atoms with Gasteiger partial charge in [0.2, 0.25) is 0 Å². The van der Waals surface area contributed by atoms with Crippen LogP contribution in [0, 0.1) is 11.8 Å².